The quantitative estimate of drug-likeness (QED) is 0.781. The summed E-state index contributed by atoms with van der Waals surface area (Å²) in [4.78, 5) is 14.3. The van der Waals surface area contributed by atoms with Gasteiger partial charge >= 0.3 is 0 Å². The molecule has 17 heavy (non-hydrogen) atoms. The number of nitrogens with two attached hydrogens (primary N) is 1. The van der Waals surface area contributed by atoms with Crippen molar-refractivity contribution in [3.05, 3.63) is 28.8 Å². The number of hydrogen-bond acceptors (Lipinski definition) is 2. The molecule has 1 saturated heterocycles. The van der Waals surface area contributed by atoms with E-state index < -0.39 is 0 Å². The van der Waals surface area contributed by atoms with Gasteiger partial charge in [0.25, 0.3) is 5.91 Å². The molecule has 1 aromatic carbocycles. The van der Waals surface area contributed by atoms with Crippen LogP contribution in [0.1, 0.15) is 36.5 Å². The van der Waals surface area contributed by atoms with Gasteiger partial charge in [-0.1, -0.05) is 11.6 Å². The summed E-state index contributed by atoms with van der Waals surface area (Å²) in [5.41, 5.74) is 6.86. The Bertz CT molecular complexity index is 433. The molecule has 1 atom stereocenters. The van der Waals surface area contributed by atoms with E-state index in [1.54, 1.807) is 18.2 Å². The number of hydrogen-bond donors (Lipinski definition) is 1. The predicted octanol–water partition coefficient (Wildman–Crippen LogP) is 2.94. The Kier molecular flexibility index (Phi) is 3.57. The minimum atomic E-state index is 0.0198. The average Bonchev–Trinajstić information content (AvgIpc) is 2.29. The zero-order chi connectivity index (χ0) is 12.4. The van der Waals surface area contributed by atoms with E-state index >= 15 is 0 Å². The largest absolute Gasteiger partial charge is 0.398 e. The highest BCUT2D eigenvalue weighted by molar-refractivity contribution is 6.31. The molecule has 92 valence electrons. The number of piperidine rings is 1. The van der Waals surface area contributed by atoms with E-state index in [0.717, 1.165) is 19.4 Å². The van der Waals surface area contributed by atoms with Crippen molar-refractivity contribution in [3.63, 3.8) is 0 Å². The lowest BCUT2D eigenvalue weighted by atomic mass is 10.0. The molecule has 4 heteroatoms. The van der Waals surface area contributed by atoms with Crippen molar-refractivity contribution >= 4 is 23.2 Å². The van der Waals surface area contributed by atoms with E-state index in [9.17, 15) is 4.79 Å². The third-order valence-electron chi connectivity index (χ3n) is 3.31. The highest BCUT2D eigenvalue weighted by atomic mass is 35.5. The summed E-state index contributed by atoms with van der Waals surface area (Å²) in [5, 5.41) is 0.561. The van der Waals surface area contributed by atoms with Crippen molar-refractivity contribution in [2.75, 3.05) is 12.3 Å². The molecule has 1 aliphatic heterocycles. The van der Waals surface area contributed by atoms with Crippen LogP contribution in [0.2, 0.25) is 5.02 Å². The fraction of sp³-hybridized carbons (Fsp3) is 0.462. The van der Waals surface area contributed by atoms with Crippen molar-refractivity contribution in [1.82, 2.24) is 4.90 Å². The lowest BCUT2D eigenvalue weighted by Crippen LogP contribution is -2.42. The zero-order valence-electron chi connectivity index (χ0n) is 9.95. The van der Waals surface area contributed by atoms with Gasteiger partial charge < -0.3 is 10.6 Å². The van der Waals surface area contributed by atoms with E-state index in [2.05, 4.69) is 6.92 Å². The van der Waals surface area contributed by atoms with Gasteiger partial charge in [-0.2, -0.15) is 0 Å². The van der Waals surface area contributed by atoms with E-state index in [4.69, 9.17) is 17.3 Å². The number of nitrogen functional groups attached to an aromatic ring is 1. The van der Waals surface area contributed by atoms with Crippen LogP contribution in [0.15, 0.2) is 18.2 Å². The second-order valence-corrected chi connectivity index (χ2v) is 5.01. The van der Waals surface area contributed by atoms with E-state index in [1.165, 1.54) is 6.42 Å². The van der Waals surface area contributed by atoms with Gasteiger partial charge in [0.15, 0.2) is 0 Å². The number of nitrogens with zero attached hydrogens (tertiary/aromatic N) is 1. The summed E-state index contributed by atoms with van der Waals surface area (Å²) in [6, 6.07) is 5.34. The normalized spacial score (nSPS) is 20.4. The van der Waals surface area contributed by atoms with Gasteiger partial charge in [-0.3, -0.25) is 4.79 Å². The Hall–Kier alpha value is -1.22. The van der Waals surface area contributed by atoms with Crippen LogP contribution >= 0.6 is 11.6 Å². The molecule has 0 radical (unpaired) electrons. The predicted molar refractivity (Wildman–Crippen MR) is 70.2 cm³/mol. The molecular formula is C13H17ClN2O. The van der Waals surface area contributed by atoms with Crippen molar-refractivity contribution in [1.29, 1.82) is 0 Å². The second-order valence-electron chi connectivity index (χ2n) is 4.57. The molecule has 3 nitrogen and oxygen atoms in total. The number of anilines is 1. The highest BCUT2D eigenvalue weighted by Gasteiger charge is 2.25. The fourth-order valence-electron chi connectivity index (χ4n) is 2.28. The fourth-order valence-corrected chi connectivity index (χ4v) is 2.46. The van der Waals surface area contributed by atoms with Crippen LogP contribution in [-0.4, -0.2) is 23.4 Å². The number of halogens is 1. The van der Waals surface area contributed by atoms with E-state index in [1.807, 2.05) is 4.90 Å². The SMILES string of the molecule is C[C@H]1CCCCN1C(=O)c1ccc(Cl)cc1N. The van der Waals surface area contributed by atoms with Gasteiger partial charge in [0.1, 0.15) is 0 Å². The van der Waals surface area contributed by atoms with Crippen LogP contribution in [0.25, 0.3) is 0 Å². The smallest absolute Gasteiger partial charge is 0.256 e. The number of carbonyl (C=O) groups is 1. The van der Waals surface area contributed by atoms with E-state index in [-0.39, 0.29) is 5.91 Å². The number of likely N-dealkylation sites (tertiary alicyclic amines) is 1. The topological polar surface area (TPSA) is 46.3 Å². The number of rotatable bonds is 1. The number of carbonyl (C=O) groups excluding carboxylic acids is 1. The van der Waals surface area contributed by atoms with Crippen molar-refractivity contribution in [2.24, 2.45) is 0 Å². The molecule has 2 N–H and O–H groups in total. The second kappa shape index (κ2) is 4.96. The maximum Gasteiger partial charge on any atom is 0.256 e. The van der Waals surface area contributed by atoms with Gasteiger partial charge in [0.05, 0.1) is 5.56 Å². The summed E-state index contributed by atoms with van der Waals surface area (Å²) in [7, 11) is 0. The molecule has 1 fully saturated rings. The van der Waals surface area contributed by atoms with Gasteiger partial charge in [-0.15, -0.1) is 0 Å². The molecule has 1 amide bonds. The summed E-state index contributed by atoms with van der Waals surface area (Å²) < 4.78 is 0. The van der Waals surface area contributed by atoms with Gasteiger partial charge in [0, 0.05) is 23.3 Å². The average molecular weight is 253 g/mol. The van der Waals surface area contributed by atoms with Crippen LogP contribution in [0.5, 0.6) is 0 Å². The highest BCUT2D eigenvalue weighted by Crippen LogP contribution is 2.23. The first-order valence-electron chi connectivity index (χ1n) is 5.95. The molecule has 2 rings (SSSR count). The molecule has 0 spiro atoms. The summed E-state index contributed by atoms with van der Waals surface area (Å²) in [6.07, 6.45) is 3.34. The minimum Gasteiger partial charge on any atom is -0.398 e. The Morgan fingerprint density at radius 3 is 2.88 bits per heavy atom. The first-order chi connectivity index (χ1) is 8.09. The standard InChI is InChI=1S/C13H17ClN2O/c1-9-4-2-3-7-16(9)13(17)11-6-5-10(14)8-12(11)15/h5-6,8-9H,2-4,7,15H2,1H3/t9-/m0/s1. The van der Waals surface area contributed by atoms with Crippen molar-refractivity contribution in [3.8, 4) is 0 Å². The van der Waals surface area contributed by atoms with Crippen LogP contribution < -0.4 is 5.73 Å². The summed E-state index contributed by atoms with van der Waals surface area (Å²) >= 11 is 5.83. The number of amides is 1. The maximum absolute atomic E-state index is 12.3. The van der Waals surface area contributed by atoms with Crippen LogP contribution in [0, 0.1) is 0 Å². The molecule has 1 aliphatic rings. The molecule has 0 saturated carbocycles. The maximum atomic E-state index is 12.3. The Morgan fingerprint density at radius 2 is 2.24 bits per heavy atom. The van der Waals surface area contributed by atoms with Crippen LogP contribution in [0.4, 0.5) is 5.69 Å². The lowest BCUT2D eigenvalue weighted by molar-refractivity contribution is 0.0637. The summed E-state index contributed by atoms with van der Waals surface area (Å²) in [6.45, 7) is 2.91. The van der Waals surface area contributed by atoms with Crippen molar-refractivity contribution in [2.45, 2.75) is 32.2 Å². The lowest BCUT2D eigenvalue weighted by Gasteiger charge is -2.33. The van der Waals surface area contributed by atoms with Crippen LogP contribution in [0.3, 0.4) is 0 Å². The van der Waals surface area contributed by atoms with E-state index in [0.29, 0.717) is 22.3 Å². The van der Waals surface area contributed by atoms with Crippen molar-refractivity contribution < 1.29 is 4.79 Å². The zero-order valence-corrected chi connectivity index (χ0v) is 10.7. The molecule has 0 aliphatic carbocycles. The first-order valence-corrected chi connectivity index (χ1v) is 6.33. The summed E-state index contributed by atoms with van der Waals surface area (Å²) in [5.74, 6) is 0.0198. The number of benzene rings is 1. The molecular weight excluding hydrogens is 236 g/mol. The van der Waals surface area contributed by atoms with Gasteiger partial charge in [-0.05, 0) is 44.4 Å². The third-order valence-corrected chi connectivity index (χ3v) is 3.54. The molecule has 0 unspecified atom stereocenters. The minimum absolute atomic E-state index is 0.0198. The van der Waals surface area contributed by atoms with Gasteiger partial charge in [-0.25, -0.2) is 0 Å². The van der Waals surface area contributed by atoms with Crippen LogP contribution in [-0.2, 0) is 0 Å². The Balaban J connectivity index is 2.24. The Morgan fingerprint density at radius 1 is 1.47 bits per heavy atom. The van der Waals surface area contributed by atoms with Gasteiger partial charge in [0.2, 0.25) is 0 Å². The monoisotopic (exact) mass is 252 g/mol. The molecule has 1 aromatic rings. The first kappa shape index (κ1) is 12.2. The molecule has 1 heterocycles. The molecule has 0 aromatic heterocycles. The Labute approximate surface area is 107 Å². The third kappa shape index (κ3) is 2.55. The molecule has 0 bridgehead atoms.